The van der Waals surface area contributed by atoms with Gasteiger partial charge in [0.2, 0.25) is 5.82 Å². The van der Waals surface area contributed by atoms with Crippen LogP contribution >= 0.6 is 22.7 Å². The van der Waals surface area contributed by atoms with Gasteiger partial charge in [0.25, 0.3) is 4.96 Å². The molecule has 3 aromatic rings. The van der Waals surface area contributed by atoms with Gasteiger partial charge in [0.15, 0.2) is 5.69 Å². The number of nitro groups is 1. The molecule has 26 heavy (non-hydrogen) atoms. The van der Waals surface area contributed by atoms with Crippen LogP contribution in [0, 0.1) is 10.1 Å². The number of carbonyl (C=O) groups is 1. The number of aromatic nitrogens is 3. The van der Waals surface area contributed by atoms with Gasteiger partial charge in [-0.15, -0.1) is 11.3 Å². The van der Waals surface area contributed by atoms with Crippen LogP contribution in [0.5, 0.6) is 0 Å². The third-order valence-corrected chi connectivity index (χ3v) is 5.91. The van der Waals surface area contributed by atoms with E-state index in [1.807, 2.05) is 4.90 Å². The van der Waals surface area contributed by atoms with Crippen LogP contribution in [0.25, 0.3) is 4.96 Å². The number of fused-ring (bicyclic) bond motifs is 1. The third kappa shape index (κ3) is 2.72. The lowest BCUT2D eigenvalue weighted by molar-refractivity contribution is -0.389. The summed E-state index contributed by atoms with van der Waals surface area (Å²) in [6, 6.07) is -0.133. The van der Waals surface area contributed by atoms with Gasteiger partial charge in [0, 0.05) is 17.3 Å². The van der Waals surface area contributed by atoms with Gasteiger partial charge in [-0.25, -0.2) is 9.78 Å². The fourth-order valence-electron chi connectivity index (χ4n) is 3.14. The van der Waals surface area contributed by atoms with Crippen LogP contribution in [0.1, 0.15) is 41.3 Å². The van der Waals surface area contributed by atoms with Crippen molar-refractivity contribution in [3.63, 3.8) is 0 Å². The maximum Gasteiger partial charge on any atom is 0.373 e. The second-order valence-corrected chi connectivity index (χ2v) is 7.48. The van der Waals surface area contributed by atoms with Crippen molar-refractivity contribution in [3.8, 4) is 0 Å². The largest absolute Gasteiger partial charge is 0.461 e. The predicted octanol–water partition coefficient (Wildman–Crippen LogP) is 3.28. The second kappa shape index (κ2) is 6.65. The summed E-state index contributed by atoms with van der Waals surface area (Å²) < 4.78 is 6.48. The molecule has 136 valence electrons. The van der Waals surface area contributed by atoms with Crippen LogP contribution in [0.3, 0.4) is 0 Å². The van der Waals surface area contributed by atoms with Gasteiger partial charge in [0.1, 0.15) is 11.2 Å². The standard InChI is InChI=1S/C15H15N5O4S2/c1-2-24-14(21)9-8-26-12(16-9)10-4-3-5-18(10)11-13(20(22)23)19-6-7-25-15(19)17-11/h6-8,10H,2-5H2,1H3. The summed E-state index contributed by atoms with van der Waals surface area (Å²) in [6.07, 6.45) is 3.33. The van der Waals surface area contributed by atoms with E-state index < -0.39 is 10.9 Å². The third-order valence-electron chi connectivity index (χ3n) is 4.21. The number of esters is 1. The molecule has 1 fully saturated rings. The van der Waals surface area contributed by atoms with Crippen molar-refractivity contribution in [1.29, 1.82) is 0 Å². The van der Waals surface area contributed by atoms with Gasteiger partial charge in [-0.3, -0.25) is 0 Å². The monoisotopic (exact) mass is 393 g/mol. The highest BCUT2D eigenvalue weighted by molar-refractivity contribution is 7.15. The first-order chi connectivity index (χ1) is 12.6. The van der Waals surface area contributed by atoms with Gasteiger partial charge in [-0.05, 0) is 24.7 Å². The average Bonchev–Trinajstić information content (AvgIpc) is 3.35. The Bertz CT molecular complexity index is 978. The molecule has 4 heterocycles. The van der Waals surface area contributed by atoms with E-state index in [0.717, 1.165) is 17.8 Å². The van der Waals surface area contributed by atoms with E-state index in [0.29, 0.717) is 23.9 Å². The molecule has 1 aliphatic heterocycles. The highest BCUT2D eigenvalue weighted by Crippen LogP contribution is 2.41. The molecule has 0 saturated carbocycles. The van der Waals surface area contributed by atoms with Crippen LogP contribution in [0.4, 0.5) is 11.6 Å². The second-order valence-electron chi connectivity index (χ2n) is 5.71. The molecule has 1 atom stereocenters. The lowest BCUT2D eigenvalue weighted by atomic mass is 10.2. The van der Waals surface area contributed by atoms with Crippen molar-refractivity contribution in [2.45, 2.75) is 25.8 Å². The van der Waals surface area contributed by atoms with E-state index in [9.17, 15) is 14.9 Å². The SMILES string of the molecule is CCOC(=O)c1csc(C2CCCN2c2nc3sccn3c2[N+](=O)[O-])n1. The van der Waals surface area contributed by atoms with E-state index in [1.54, 1.807) is 23.9 Å². The van der Waals surface area contributed by atoms with Crippen LogP contribution in [0.15, 0.2) is 17.0 Å². The molecule has 0 aliphatic carbocycles. The topological polar surface area (TPSA) is 103 Å². The van der Waals surface area contributed by atoms with E-state index in [1.165, 1.54) is 27.1 Å². The number of ether oxygens (including phenoxy) is 1. The molecule has 3 aromatic heterocycles. The summed E-state index contributed by atoms with van der Waals surface area (Å²) in [5.41, 5.74) is 0.277. The van der Waals surface area contributed by atoms with Crippen molar-refractivity contribution in [1.82, 2.24) is 14.4 Å². The Labute approximate surface area is 156 Å². The van der Waals surface area contributed by atoms with Crippen LogP contribution in [0.2, 0.25) is 0 Å². The molecule has 0 bridgehead atoms. The van der Waals surface area contributed by atoms with Gasteiger partial charge in [-0.2, -0.15) is 9.38 Å². The minimum absolute atomic E-state index is 0.0321. The van der Waals surface area contributed by atoms with Gasteiger partial charge >= 0.3 is 11.8 Å². The lowest BCUT2D eigenvalue weighted by Crippen LogP contribution is -2.24. The van der Waals surface area contributed by atoms with E-state index in [4.69, 9.17) is 4.74 Å². The molecular weight excluding hydrogens is 378 g/mol. The van der Waals surface area contributed by atoms with E-state index in [2.05, 4.69) is 9.97 Å². The number of carbonyl (C=O) groups excluding carboxylic acids is 1. The molecule has 0 aromatic carbocycles. The Balaban J connectivity index is 1.69. The van der Waals surface area contributed by atoms with E-state index in [-0.39, 0.29) is 17.6 Å². The van der Waals surface area contributed by atoms with Crippen molar-refractivity contribution in [3.05, 3.63) is 37.8 Å². The average molecular weight is 393 g/mol. The Kier molecular flexibility index (Phi) is 4.32. The van der Waals surface area contributed by atoms with Crippen molar-refractivity contribution >= 4 is 45.2 Å². The molecule has 0 spiro atoms. The predicted molar refractivity (Wildman–Crippen MR) is 97.1 cm³/mol. The van der Waals surface area contributed by atoms with Gasteiger partial charge < -0.3 is 19.8 Å². The maximum absolute atomic E-state index is 11.9. The summed E-state index contributed by atoms with van der Waals surface area (Å²) in [5, 5.41) is 15.8. The number of hydrogen-bond donors (Lipinski definition) is 0. The molecular formula is C15H15N5O4S2. The normalized spacial score (nSPS) is 17.1. The first kappa shape index (κ1) is 16.9. The Hall–Kier alpha value is -2.53. The summed E-state index contributed by atoms with van der Waals surface area (Å²) in [7, 11) is 0. The quantitative estimate of drug-likeness (QED) is 0.372. The summed E-state index contributed by atoms with van der Waals surface area (Å²) in [6.45, 7) is 2.69. The van der Waals surface area contributed by atoms with Crippen molar-refractivity contribution in [2.24, 2.45) is 0 Å². The lowest BCUT2D eigenvalue weighted by Gasteiger charge is -2.22. The van der Waals surface area contributed by atoms with Crippen LogP contribution in [-0.2, 0) is 4.74 Å². The molecule has 4 rings (SSSR count). The highest BCUT2D eigenvalue weighted by atomic mass is 32.1. The Morgan fingerprint density at radius 3 is 3.08 bits per heavy atom. The number of rotatable bonds is 5. The fourth-order valence-corrected chi connectivity index (χ4v) is 4.78. The maximum atomic E-state index is 11.9. The highest BCUT2D eigenvalue weighted by Gasteiger charge is 2.36. The molecule has 9 nitrogen and oxygen atoms in total. The van der Waals surface area contributed by atoms with E-state index >= 15 is 0 Å². The summed E-state index contributed by atoms with van der Waals surface area (Å²) >= 11 is 2.72. The number of thiazole rings is 2. The van der Waals surface area contributed by atoms with Crippen molar-refractivity contribution in [2.75, 3.05) is 18.1 Å². The minimum Gasteiger partial charge on any atom is -0.461 e. The zero-order valence-electron chi connectivity index (χ0n) is 13.8. The van der Waals surface area contributed by atoms with Gasteiger partial charge in [-0.1, -0.05) is 11.3 Å². The fraction of sp³-hybridized carbons (Fsp3) is 0.400. The Morgan fingerprint density at radius 1 is 1.46 bits per heavy atom. The zero-order valence-corrected chi connectivity index (χ0v) is 15.5. The smallest absolute Gasteiger partial charge is 0.373 e. The summed E-state index contributed by atoms with van der Waals surface area (Å²) in [4.78, 5) is 34.5. The summed E-state index contributed by atoms with van der Waals surface area (Å²) in [5.74, 6) is -0.124. The van der Waals surface area contributed by atoms with Crippen LogP contribution < -0.4 is 4.90 Å². The Morgan fingerprint density at radius 2 is 2.31 bits per heavy atom. The number of nitrogens with zero attached hydrogens (tertiary/aromatic N) is 5. The number of hydrogen-bond acceptors (Lipinski definition) is 9. The molecule has 1 unspecified atom stereocenters. The molecule has 11 heteroatoms. The minimum atomic E-state index is -0.451. The van der Waals surface area contributed by atoms with Gasteiger partial charge in [0.05, 0.1) is 12.6 Å². The molecule has 1 aliphatic rings. The number of anilines is 1. The first-order valence-electron chi connectivity index (χ1n) is 8.09. The molecule has 0 radical (unpaired) electrons. The first-order valence-corrected chi connectivity index (χ1v) is 9.85. The molecule has 0 N–H and O–H groups in total. The molecule has 0 amide bonds. The van der Waals surface area contributed by atoms with Crippen molar-refractivity contribution < 1.29 is 14.5 Å². The molecule has 1 saturated heterocycles. The number of imidazole rings is 1. The van der Waals surface area contributed by atoms with Crippen LogP contribution in [-0.4, -0.2) is 38.4 Å². The zero-order chi connectivity index (χ0) is 18.3.